The Bertz CT molecular complexity index is 395. The molecule has 3 N–H and O–H groups in total. The average Bonchev–Trinajstić information content (AvgIpc) is 2.28. The van der Waals surface area contributed by atoms with Crippen molar-refractivity contribution in [1.29, 1.82) is 0 Å². The maximum absolute atomic E-state index is 11.3. The van der Waals surface area contributed by atoms with Crippen molar-refractivity contribution in [2.45, 2.75) is 0 Å². The Hall–Kier alpha value is -1.75. The van der Waals surface area contributed by atoms with Gasteiger partial charge in [0.05, 0.1) is 5.69 Å². The molecule has 1 rings (SSSR count). The van der Waals surface area contributed by atoms with Crippen molar-refractivity contribution in [3.63, 3.8) is 0 Å². The number of alkyl halides is 1. The molecule has 0 atom stereocenters. The van der Waals surface area contributed by atoms with Gasteiger partial charge in [-0.25, -0.2) is 0 Å². The molecule has 0 aliphatic carbocycles. The number of aromatic hydroxyl groups is 1. The van der Waals surface area contributed by atoms with Crippen LogP contribution < -0.4 is 10.6 Å². The van der Waals surface area contributed by atoms with Crippen LogP contribution in [-0.2, 0) is 9.59 Å². The summed E-state index contributed by atoms with van der Waals surface area (Å²) in [6.45, 7) is 0.217. The van der Waals surface area contributed by atoms with Crippen molar-refractivity contribution >= 4 is 29.1 Å². The van der Waals surface area contributed by atoms with Gasteiger partial charge in [0.2, 0.25) is 0 Å². The van der Waals surface area contributed by atoms with E-state index in [-0.39, 0.29) is 23.9 Å². The maximum atomic E-state index is 11.3. The van der Waals surface area contributed by atoms with E-state index >= 15 is 0 Å². The minimum atomic E-state index is -0.841. The van der Waals surface area contributed by atoms with Crippen LogP contribution in [-0.4, -0.2) is 29.3 Å². The van der Waals surface area contributed by atoms with E-state index in [4.69, 9.17) is 11.6 Å². The Balaban J connectivity index is 2.58. The van der Waals surface area contributed by atoms with Crippen LogP contribution >= 0.6 is 11.6 Å². The molecule has 0 unspecified atom stereocenters. The van der Waals surface area contributed by atoms with E-state index in [1.807, 2.05) is 0 Å². The smallest absolute Gasteiger partial charge is 0.313 e. The summed E-state index contributed by atoms with van der Waals surface area (Å²) in [7, 11) is 0. The first-order valence-corrected chi connectivity index (χ1v) is 5.11. The molecule has 5 nitrogen and oxygen atoms in total. The molecule has 0 radical (unpaired) electrons. The lowest BCUT2D eigenvalue weighted by molar-refractivity contribution is -0.136. The summed E-state index contributed by atoms with van der Waals surface area (Å²) in [5.74, 6) is -1.49. The number of anilines is 1. The van der Waals surface area contributed by atoms with E-state index in [0.717, 1.165) is 0 Å². The summed E-state index contributed by atoms with van der Waals surface area (Å²) in [6, 6.07) is 6.14. The average molecular weight is 243 g/mol. The van der Waals surface area contributed by atoms with Gasteiger partial charge in [0.25, 0.3) is 0 Å². The van der Waals surface area contributed by atoms with Crippen LogP contribution in [0.2, 0.25) is 0 Å². The topological polar surface area (TPSA) is 78.4 Å². The number of nitrogens with one attached hydrogen (secondary N) is 2. The van der Waals surface area contributed by atoms with Crippen LogP contribution in [0.3, 0.4) is 0 Å². The van der Waals surface area contributed by atoms with Crippen LogP contribution in [0.5, 0.6) is 5.75 Å². The number of para-hydroxylation sites is 2. The zero-order valence-electron chi connectivity index (χ0n) is 8.37. The molecule has 0 spiro atoms. The van der Waals surface area contributed by atoms with Gasteiger partial charge in [-0.3, -0.25) is 9.59 Å². The second-order valence-corrected chi connectivity index (χ2v) is 3.29. The number of halogens is 1. The summed E-state index contributed by atoms with van der Waals surface area (Å²) < 4.78 is 0. The predicted molar refractivity (Wildman–Crippen MR) is 60.5 cm³/mol. The van der Waals surface area contributed by atoms with E-state index in [0.29, 0.717) is 0 Å². The third-order valence-corrected chi connectivity index (χ3v) is 1.93. The third-order valence-electron chi connectivity index (χ3n) is 1.74. The highest BCUT2D eigenvalue weighted by Crippen LogP contribution is 2.20. The fourth-order valence-corrected chi connectivity index (χ4v) is 1.09. The van der Waals surface area contributed by atoms with Gasteiger partial charge in [-0.15, -0.1) is 11.6 Å². The highest BCUT2D eigenvalue weighted by Gasteiger charge is 2.13. The number of hydrogen-bond donors (Lipinski definition) is 3. The zero-order valence-corrected chi connectivity index (χ0v) is 9.12. The quantitative estimate of drug-likeness (QED) is 0.415. The van der Waals surface area contributed by atoms with Crippen molar-refractivity contribution < 1.29 is 14.7 Å². The van der Waals surface area contributed by atoms with Crippen molar-refractivity contribution in [3.05, 3.63) is 24.3 Å². The minimum Gasteiger partial charge on any atom is -0.506 e. The van der Waals surface area contributed by atoms with Gasteiger partial charge in [-0.1, -0.05) is 12.1 Å². The zero-order chi connectivity index (χ0) is 12.0. The van der Waals surface area contributed by atoms with Gasteiger partial charge >= 0.3 is 11.8 Å². The van der Waals surface area contributed by atoms with Gasteiger partial charge in [-0.05, 0) is 12.1 Å². The van der Waals surface area contributed by atoms with Crippen LogP contribution in [0.25, 0.3) is 0 Å². The molecule has 0 aromatic heterocycles. The summed E-state index contributed by atoms with van der Waals surface area (Å²) >= 11 is 5.35. The molecule has 1 aromatic rings. The SMILES string of the molecule is O=C(NCCCl)C(=O)Nc1ccccc1O. The lowest BCUT2D eigenvalue weighted by atomic mass is 10.3. The molecular weight excluding hydrogens is 232 g/mol. The molecule has 16 heavy (non-hydrogen) atoms. The molecule has 0 saturated heterocycles. The second-order valence-electron chi connectivity index (χ2n) is 2.92. The summed E-state index contributed by atoms with van der Waals surface area (Å²) in [5, 5.41) is 13.9. The number of phenols is 1. The summed E-state index contributed by atoms with van der Waals surface area (Å²) in [4.78, 5) is 22.4. The molecule has 1 aromatic carbocycles. The van der Waals surface area contributed by atoms with Crippen LogP contribution in [0.1, 0.15) is 0 Å². The number of hydrogen-bond acceptors (Lipinski definition) is 3. The maximum Gasteiger partial charge on any atom is 0.313 e. The second kappa shape index (κ2) is 5.97. The fourth-order valence-electron chi connectivity index (χ4n) is 0.999. The molecule has 0 saturated carbocycles. The number of benzene rings is 1. The first kappa shape index (κ1) is 12.3. The monoisotopic (exact) mass is 242 g/mol. The lowest BCUT2D eigenvalue weighted by Crippen LogP contribution is -2.36. The Kier molecular flexibility index (Phi) is 4.60. The fraction of sp³-hybridized carbons (Fsp3) is 0.200. The Morgan fingerprint density at radius 3 is 2.56 bits per heavy atom. The standard InChI is InChI=1S/C10H11ClN2O3/c11-5-6-12-9(15)10(16)13-7-3-1-2-4-8(7)14/h1-4,14H,5-6H2,(H,12,15)(H,13,16). The number of carbonyl (C=O) groups is 2. The third kappa shape index (κ3) is 3.43. The highest BCUT2D eigenvalue weighted by molar-refractivity contribution is 6.39. The van der Waals surface area contributed by atoms with Crippen LogP contribution in [0, 0.1) is 0 Å². The summed E-state index contributed by atoms with van der Waals surface area (Å²) in [5.41, 5.74) is 0.188. The molecule has 2 amide bonds. The van der Waals surface area contributed by atoms with E-state index in [9.17, 15) is 14.7 Å². The van der Waals surface area contributed by atoms with Gasteiger partial charge in [-0.2, -0.15) is 0 Å². The van der Waals surface area contributed by atoms with Gasteiger partial charge in [0.1, 0.15) is 5.75 Å². The van der Waals surface area contributed by atoms with Crippen LogP contribution in [0.15, 0.2) is 24.3 Å². The lowest BCUT2D eigenvalue weighted by Gasteiger charge is -2.06. The number of rotatable bonds is 3. The van der Waals surface area contributed by atoms with Gasteiger partial charge in [0, 0.05) is 12.4 Å². The number of amides is 2. The minimum absolute atomic E-state index is 0.0963. The Labute approximate surface area is 97.4 Å². The first-order valence-electron chi connectivity index (χ1n) is 4.58. The van der Waals surface area contributed by atoms with E-state index in [2.05, 4.69) is 10.6 Å². The molecule has 6 heteroatoms. The number of carbonyl (C=O) groups excluding carboxylic acids is 2. The summed E-state index contributed by atoms with van der Waals surface area (Å²) in [6.07, 6.45) is 0. The van der Waals surface area contributed by atoms with Gasteiger partial charge in [0.15, 0.2) is 0 Å². The molecule has 0 bridgehead atoms. The highest BCUT2D eigenvalue weighted by atomic mass is 35.5. The number of phenolic OH excluding ortho intramolecular Hbond substituents is 1. The van der Waals surface area contributed by atoms with Crippen LogP contribution in [0.4, 0.5) is 5.69 Å². The van der Waals surface area contributed by atoms with E-state index < -0.39 is 11.8 Å². The molecule has 0 aliphatic rings. The van der Waals surface area contributed by atoms with Crippen molar-refractivity contribution in [2.75, 3.05) is 17.7 Å². The molecular formula is C10H11ClN2O3. The first-order chi connectivity index (χ1) is 7.65. The predicted octanol–water partition coefficient (Wildman–Crippen LogP) is 0.686. The Morgan fingerprint density at radius 2 is 1.94 bits per heavy atom. The van der Waals surface area contributed by atoms with Crippen molar-refractivity contribution in [2.24, 2.45) is 0 Å². The van der Waals surface area contributed by atoms with Gasteiger partial charge < -0.3 is 15.7 Å². The largest absolute Gasteiger partial charge is 0.506 e. The molecule has 0 fully saturated rings. The molecule has 86 valence electrons. The molecule has 0 aliphatic heterocycles. The van der Waals surface area contributed by atoms with E-state index in [1.165, 1.54) is 12.1 Å². The van der Waals surface area contributed by atoms with Crippen molar-refractivity contribution in [1.82, 2.24) is 5.32 Å². The van der Waals surface area contributed by atoms with E-state index in [1.54, 1.807) is 12.1 Å². The molecule has 0 heterocycles. The van der Waals surface area contributed by atoms with Crippen molar-refractivity contribution in [3.8, 4) is 5.75 Å². The Morgan fingerprint density at radius 1 is 1.25 bits per heavy atom. The normalized spacial score (nSPS) is 9.56.